The summed E-state index contributed by atoms with van der Waals surface area (Å²) in [5.41, 5.74) is 5.82. The summed E-state index contributed by atoms with van der Waals surface area (Å²) >= 11 is 0. The molecule has 1 aliphatic rings. The van der Waals surface area contributed by atoms with E-state index in [0.29, 0.717) is 11.4 Å². The summed E-state index contributed by atoms with van der Waals surface area (Å²) in [6, 6.07) is 16.1. The lowest BCUT2D eigenvalue weighted by Crippen LogP contribution is -2.29. The molecule has 5 heteroatoms. The molecule has 1 fully saturated rings. The Balaban J connectivity index is 1.78. The van der Waals surface area contributed by atoms with E-state index in [1.807, 2.05) is 49.5 Å². The van der Waals surface area contributed by atoms with Gasteiger partial charge in [0.2, 0.25) is 0 Å². The van der Waals surface area contributed by atoms with Crippen LogP contribution in [0.5, 0.6) is 0 Å². The van der Waals surface area contributed by atoms with Gasteiger partial charge in [0, 0.05) is 11.3 Å². The van der Waals surface area contributed by atoms with Crippen LogP contribution in [0.1, 0.15) is 54.1 Å². The molecule has 0 radical (unpaired) electrons. The zero-order valence-corrected chi connectivity index (χ0v) is 17.0. The Morgan fingerprint density at radius 1 is 1.07 bits per heavy atom. The number of fused-ring (bicyclic) bond motifs is 1. The average Bonchev–Trinajstić information content (AvgIpc) is 3.47. The highest BCUT2D eigenvalue weighted by Crippen LogP contribution is 2.41. The van der Waals surface area contributed by atoms with Gasteiger partial charge in [-0.3, -0.25) is 4.79 Å². The second kappa shape index (κ2) is 6.69. The molecule has 1 unspecified atom stereocenters. The third-order valence-electron chi connectivity index (χ3n) is 5.86. The molecule has 2 aromatic heterocycles. The van der Waals surface area contributed by atoms with Crippen LogP contribution in [0, 0.1) is 13.8 Å². The lowest BCUT2D eigenvalue weighted by atomic mass is 10.1. The highest BCUT2D eigenvalue weighted by molar-refractivity contribution is 5.82. The fraction of sp³-hybridized carbons (Fsp3) is 0.292. The van der Waals surface area contributed by atoms with Gasteiger partial charge in [0.1, 0.15) is 5.52 Å². The molecule has 0 bridgehead atoms. The summed E-state index contributed by atoms with van der Waals surface area (Å²) in [4.78, 5) is 13.6. The number of hydrogen-bond acceptors (Lipinski definition) is 3. The van der Waals surface area contributed by atoms with Crippen LogP contribution in [0.2, 0.25) is 0 Å². The predicted octanol–water partition coefficient (Wildman–Crippen LogP) is 4.69. The van der Waals surface area contributed by atoms with Gasteiger partial charge in [-0.15, -0.1) is 0 Å². The van der Waals surface area contributed by atoms with Gasteiger partial charge in [-0.2, -0.15) is 10.2 Å². The lowest BCUT2D eigenvalue weighted by molar-refractivity contribution is 0.526. The maximum Gasteiger partial charge on any atom is 0.293 e. The van der Waals surface area contributed by atoms with Crippen molar-refractivity contribution < 1.29 is 0 Å². The summed E-state index contributed by atoms with van der Waals surface area (Å²) < 4.78 is 3.45. The van der Waals surface area contributed by atoms with Crippen molar-refractivity contribution in [3.8, 4) is 5.69 Å². The standard InChI is InChI=1S/C24H24N4O/c1-15-9-12-21(16(2)13-15)28-23-20(14-25-28)22(19-10-11-19)26-27(24(23)29)17(3)18-7-5-4-6-8-18/h4-9,12-14,17,19H,10-11H2,1-3H3. The molecule has 0 aliphatic heterocycles. The third kappa shape index (κ3) is 2.97. The first-order chi connectivity index (χ1) is 14.0. The maximum absolute atomic E-state index is 13.6. The Morgan fingerprint density at radius 2 is 1.83 bits per heavy atom. The van der Waals surface area contributed by atoms with E-state index in [1.54, 1.807) is 9.36 Å². The molecule has 0 saturated heterocycles. The summed E-state index contributed by atoms with van der Waals surface area (Å²) in [5, 5.41) is 10.3. The second-order valence-electron chi connectivity index (χ2n) is 8.10. The topological polar surface area (TPSA) is 52.7 Å². The van der Waals surface area contributed by atoms with Gasteiger partial charge < -0.3 is 0 Å². The van der Waals surface area contributed by atoms with Crippen molar-refractivity contribution in [2.45, 2.75) is 45.6 Å². The number of rotatable bonds is 4. The SMILES string of the molecule is Cc1ccc(-n2ncc3c(C4CC4)nn(C(C)c4ccccc4)c(=O)c32)c(C)c1. The molecule has 146 valence electrons. The van der Waals surface area contributed by atoms with Crippen LogP contribution < -0.4 is 5.56 Å². The Labute approximate surface area is 169 Å². The quantitative estimate of drug-likeness (QED) is 0.513. The predicted molar refractivity (Wildman–Crippen MR) is 115 cm³/mol. The van der Waals surface area contributed by atoms with Crippen molar-refractivity contribution >= 4 is 10.9 Å². The van der Waals surface area contributed by atoms with Gasteiger partial charge in [0.25, 0.3) is 5.56 Å². The fourth-order valence-electron chi connectivity index (χ4n) is 4.08. The zero-order chi connectivity index (χ0) is 20.1. The van der Waals surface area contributed by atoms with E-state index in [9.17, 15) is 4.79 Å². The van der Waals surface area contributed by atoms with Crippen LogP contribution in [0.4, 0.5) is 0 Å². The highest BCUT2D eigenvalue weighted by Gasteiger charge is 2.31. The molecule has 1 aliphatic carbocycles. The second-order valence-corrected chi connectivity index (χ2v) is 8.10. The minimum Gasteiger partial charge on any atom is -0.265 e. The number of aromatic nitrogens is 4. The van der Waals surface area contributed by atoms with Gasteiger partial charge >= 0.3 is 0 Å². The first kappa shape index (κ1) is 17.9. The summed E-state index contributed by atoms with van der Waals surface area (Å²) in [7, 11) is 0. The molecule has 0 N–H and O–H groups in total. The van der Waals surface area contributed by atoms with Crippen molar-refractivity contribution in [1.29, 1.82) is 0 Å². The van der Waals surface area contributed by atoms with Crippen molar-refractivity contribution in [1.82, 2.24) is 19.6 Å². The van der Waals surface area contributed by atoms with Crippen molar-refractivity contribution in [3.05, 3.63) is 87.5 Å². The van der Waals surface area contributed by atoms with Crippen LogP contribution in [-0.2, 0) is 0 Å². The Hall–Kier alpha value is -3.21. The van der Waals surface area contributed by atoms with Crippen molar-refractivity contribution in [2.75, 3.05) is 0 Å². The van der Waals surface area contributed by atoms with Crippen LogP contribution in [0.25, 0.3) is 16.6 Å². The molecule has 0 spiro atoms. The number of aryl methyl sites for hydroxylation is 2. The molecule has 4 aromatic rings. The Kier molecular flexibility index (Phi) is 4.12. The van der Waals surface area contributed by atoms with Gasteiger partial charge in [0.15, 0.2) is 0 Å². The molecule has 29 heavy (non-hydrogen) atoms. The van der Waals surface area contributed by atoms with E-state index in [0.717, 1.165) is 40.7 Å². The van der Waals surface area contributed by atoms with E-state index in [1.165, 1.54) is 5.56 Å². The van der Waals surface area contributed by atoms with Gasteiger partial charge in [-0.25, -0.2) is 9.36 Å². The van der Waals surface area contributed by atoms with E-state index >= 15 is 0 Å². The Morgan fingerprint density at radius 3 is 2.52 bits per heavy atom. The van der Waals surface area contributed by atoms with Crippen molar-refractivity contribution in [3.63, 3.8) is 0 Å². The van der Waals surface area contributed by atoms with Crippen LogP contribution in [0.3, 0.4) is 0 Å². The van der Waals surface area contributed by atoms with E-state index in [2.05, 4.69) is 31.1 Å². The summed E-state index contributed by atoms with van der Waals surface area (Å²) in [6.45, 7) is 6.16. The van der Waals surface area contributed by atoms with Gasteiger partial charge in [-0.1, -0.05) is 48.0 Å². The molecular formula is C24H24N4O. The average molecular weight is 384 g/mol. The largest absolute Gasteiger partial charge is 0.293 e. The van der Waals surface area contributed by atoms with Crippen LogP contribution >= 0.6 is 0 Å². The first-order valence-electron chi connectivity index (χ1n) is 10.2. The molecule has 5 rings (SSSR count). The summed E-state index contributed by atoms with van der Waals surface area (Å²) in [5.74, 6) is 0.420. The fourth-order valence-corrected chi connectivity index (χ4v) is 4.08. The highest BCUT2D eigenvalue weighted by atomic mass is 16.1. The van der Waals surface area contributed by atoms with Gasteiger partial charge in [-0.05, 0) is 50.8 Å². The van der Waals surface area contributed by atoms with E-state index in [4.69, 9.17) is 5.10 Å². The summed E-state index contributed by atoms with van der Waals surface area (Å²) in [6.07, 6.45) is 4.05. The number of nitrogens with zero attached hydrogens (tertiary/aromatic N) is 4. The zero-order valence-electron chi connectivity index (χ0n) is 17.0. The van der Waals surface area contributed by atoms with Crippen LogP contribution in [0.15, 0.2) is 59.5 Å². The molecule has 1 atom stereocenters. The molecule has 5 nitrogen and oxygen atoms in total. The van der Waals surface area contributed by atoms with Crippen LogP contribution in [-0.4, -0.2) is 19.6 Å². The minimum absolute atomic E-state index is 0.0989. The third-order valence-corrected chi connectivity index (χ3v) is 5.86. The van der Waals surface area contributed by atoms with Crippen molar-refractivity contribution in [2.24, 2.45) is 0 Å². The monoisotopic (exact) mass is 384 g/mol. The molecular weight excluding hydrogens is 360 g/mol. The van der Waals surface area contributed by atoms with E-state index < -0.39 is 0 Å². The molecule has 1 saturated carbocycles. The maximum atomic E-state index is 13.6. The lowest BCUT2D eigenvalue weighted by Gasteiger charge is -2.17. The smallest absolute Gasteiger partial charge is 0.265 e. The number of benzene rings is 2. The minimum atomic E-state index is -0.145. The van der Waals surface area contributed by atoms with E-state index in [-0.39, 0.29) is 11.6 Å². The first-order valence-corrected chi connectivity index (χ1v) is 10.2. The molecule has 2 heterocycles. The number of hydrogen-bond donors (Lipinski definition) is 0. The molecule has 0 amide bonds. The van der Waals surface area contributed by atoms with Gasteiger partial charge in [0.05, 0.1) is 23.6 Å². The Bertz CT molecular complexity index is 1270. The normalized spacial score (nSPS) is 15.0. The molecule has 2 aromatic carbocycles.